The van der Waals surface area contributed by atoms with Gasteiger partial charge in [0.05, 0.1) is 18.2 Å². The fourth-order valence-electron chi connectivity index (χ4n) is 2.61. The van der Waals surface area contributed by atoms with Crippen LogP contribution in [0.4, 0.5) is 0 Å². The molecule has 0 saturated heterocycles. The second kappa shape index (κ2) is 7.22. The highest BCUT2D eigenvalue weighted by atomic mass is 16.5. The molecule has 0 radical (unpaired) electrons. The number of hydrazine groups is 1. The molecule has 16 heavy (non-hydrogen) atoms. The normalized spacial score (nSPS) is 22.7. The van der Waals surface area contributed by atoms with Crippen molar-refractivity contribution in [3.05, 3.63) is 0 Å². The summed E-state index contributed by atoms with van der Waals surface area (Å²) in [5.41, 5.74) is 2.74. The molecule has 0 amide bonds. The quantitative estimate of drug-likeness (QED) is 0.413. The van der Waals surface area contributed by atoms with Crippen LogP contribution < -0.4 is 11.3 Å². The summed E-state index contributed by atoms with van der Waals surface area (Å²) in [5.74, 6) is 5.65. The summed E-state index contributed by atoms with van der Waals surface area (Å²) in [6.07, 6.45) is 7.20. The summed E-state index contributed by atoms with van der Waals surface area (Å²) >= 11 is 0. The standard InChI is InChI=1S/C12H26N2O2/c1-3-16-10-11(14-13)12(15-2)8-6-4-5-7-9-12/h11,14H,3-10,13H2,1-2H3. The highest BCUT2D eigenvalue weighted by molar-refractivity contribution is 4.93. The zero-order valence-electron chi connectivity index (χ0n) is 10.6. The minimum absolute atomic E-state index is 0.0931. The number of ether oxygens (including phenoxy) is 2. The second-order valence-electron chi connectivity index (χ2n) is 4.56. The molecule has 1 saturated carbocycles. The fourth-order valence-corrected chi connectivity index (χ4v) is 2.61. The van der Waals surface area contributed by atoms with Crippen molar-refractivity contribution in [1.29, 1.82) is 0 Å². The monoisotopic (exact) mass is 230 g/mol. The molecule has 0 spiro atoms. The van der Waals surface area contributed by atoms with Crippen molar-refractivity contribution < 1.29 is 9.47 Å². The molecule has 3 N–H and O–H groups in total. The van der Waals surface area contributed by atoms with Crippen molar-refractivity contribution in [2.24, 2.45) is 5.84 Å². The third-order valence-corrected chi connectivity index (χ3v) is 3.68. The third-order valence-electron chi connectivity index (χ3n) is 3.68. The molecule has 0 aromatic heterocycles. The second-order valence-corrected chi connectivity index (χ2v) is 4.56. The number of methoxy groups -OCH3 is 1. The van der Waals surface area contributed by atoms with Crippen LogP contribution in [0.3, 0.4) is 0 Å². The number of nitrogens with two attached hydrogens (primary N) is 1. The van der Waals surface area contributed by atoms with E-state index in [1.54, 1.807) is 7.11 Å². The van der Waals surface area contributed by atoms with Crippen LogP contribution in [0, 0.1) is 0 Å². The van der Waals surface area contributed by atoms with Crippen molar-refractivity contribution >= 4 is 0 Å². The van der Waals surface area contributed by atoms with Crippen LogP contribution in [0.1, 0.15) is 45.4 Å². The van der Waals surface area contributed by atoms with Crippen LogP contribution in [-0.4, -0.2) is 32.0 Å². The Labute approximate surface area is 98.8 Å². The molecule has 4 nitrogen and oxygen atoms in total. The maximum absolute atomic E-state index is 5.79. The molecule has 0 bridgehead atoms. The Morgan fingerprint density at radius 2 is 1.88 bits per heavy atom. The highest BCUT2D eigenvalue weighted by Gasteiger charge is 2.38. The Balaban J connectivity index is 2.65. The lowest BCUT2D eigenvalue weighted by Crippen LogP contribution is -2.56. The first-order valence-corrected chi connectivity index (χ1v) is 6.38. The molecule has 0 aliphatic heterocycles. The first kappa shape index (κ1) is 13.9. The summed E-state index contributed by atoms with van der Waals surface area (Å²) in [7, 11) is 1.79. The van der Waals surface area contributed by atoms with Crippen LogP contribution in [0.25, 0.3) is 0 Å². The smallest absolute Gasteiger partial charge is 0.0866 e. The Kier molecular flexibility index (Phi) is 6.28. The first-order chi connectivity index (χ1) is 7.79. The average molecular weight is 230 g/mol. The van der Waals surface area contributed by atoms with Gasteiger partial charge >= 0.3 is 0 Å². The molecule has 0 aromatic rings. The van der Waals surface area contributed by atoms with Crippen molar-refractivity contribution in [3.8, 4) is 0 Å². The zero-order chi connectivity index (χ0) is 11.9. The number of rotatable bonds is 6. The van der Waals surface area contributed by atoms with Crippen molar-refractivity contribution in [1.82, 2.24) is 5.43 Å². The van der Waals surface area contributed by atoms with Crippen LogP contribution >= 0.6 is 0 Å². The van der Waals surface area contributed by atoms with Gasteiger partial charge in [0.1, 0.15) is 0 Å². The van der Waals surface area contributed by atoms with Crippen molar-refractivity contribution in [2.75, 3.05) is 20.3 Å². The maximum atomic E-state index is 5.79. The van der Waals surface area contributed by atoms with E-state index in [2.05, 4.69) is 5.43 Å². The van der Waals surface area contributed by atoms with E-state index in [9.17, 15) is 0 Å². The van der Waals surface area contributed by atoms with E-state index in [4.69, 9.17) is 15.3 Å². The number of hydrogen-bond donors (Lipinski definition) is 2. The van der Waals surface area contributed by atoms with E-state index in [0.29, 0.717) is 6.61 Å². The van der Waals surface area contributed by atoms with Crippen molar-refractivity contribution in [3.63, 3.8) is 0 Å². The summed E-state index contributed by atoms with van der Waals surface area (Å²) in [6.45, 7) is 3.35. The van der Waals surface area contributed by atoms with Gasteiger partial charge in [-0.25, -0.2) is 0 Å². The lowest BCUT2D eigenvalue weighted by atomic mass is 9.86. The van der Waals surface area contributed by atoms with E-state index in [1.807, 2.05) is 6.92 Å². The van der Waals surface area contributed by atoms with Crippen LogP contribution in [0.2, 0.25) is 0 Å². The van der Waals surface area contributed by atoms with E-state index in [-0.39, 0.29) is 11.6 Å². The Bertz CT molecular complexity index is 180. The summed E-state index contributed by atoms with van der Waals surface area (Å²) in [6, 6.07) is 0.0931. The van der Waals surface area contributed by atoms with Gasteiger partial charge in [-0.15, -0.1) is 0 Å². The zero-order valence-corrected chi connectivity index (χ0v) is 10.6. The topological polar surface area (TPSA) is 56.5 Å². The third kappa shape index (κ3) is 3.42. The molecule has 1 aliphatic carbocycles. The summed E-state index contributed by atoms with van der Waals surface area (Å²) < 4.78 is 11.3. The van der Waals surface area contributed by atoms with Gasteiger partial charge in [0.25, 0.3) is 0 Å². The molecule has 1 rings (SSSR count). The van der Waals surface area contributed by atoms with Gasteiger partial charge < -0.3 is 9.47 Å². The van der Waals surface area contributed by atoms with Crippen LogP contribution in [-0.2, 0) is 9.47 Å². The molecule has 0 heterocycles. The SMILES string of the molecule is CCOCC(NN)C1(OC)CCCCCC1. The number of hydrogen-bond acceptors (Lipinski definition) is 4. The van der Waals surface area contributed by atoms with Gasteiger partial charge in [0.2, 0.25) is 0 Å². The van der Waals surface area contributed by atoms with Gasteiger partial charge in [-0.05, 0) is 19.8 Å². The van der Waals surface area contributed by atoms with Gasteiger partial charge in [-0.3, -0.25) is 11.3 Å². The molecule has 1 atom stereocenters. The van der Waals surface area contributed by atoms with Crippen LogP contribution in [0.15, 0.2) is 0 Å². The lowest BCUT2D eigenvalue weighted by Gasteiger charge is -2.38. The Morgan fingerprint density at radius 1 is 1.25 bits per heavy atom. The molecule has 4 heteroatoms. The largest absolute Gasteiger partial charge is 0.380 e. The maximum Gasteiger partial charge on any atom is 0.0866 e. The molecule has 1 fully saturated rings. The van der Waals surface area contributed by atoms with Gasteiger partial charge in [0, 0.05) is 13.7 Å². The molecule has 1 unspecified atom stereocenters. The van der Waals surface area contributed by atoms with E-state index < -0.39 is 0 Å². The van der Waals surface area contributed by atoms with Gasteiger partial charge in [0.15, 0.2) is 0 Å². The van der Waals surface area contributed by atoms with Crippen LogP contribution in [0.5, 0.6) is 0 Å². The molecule has 96 valence electrons. The summed E-state index contributed by atoms with van der Waals surface area (Å²) in [5, 5.41) is 0. The van der Waals surface area contributed by atoms with Gasteiger partial charge in [-0.2, -0.15) is 0 Å². The van der Waals surface area contributed by atoms with E-state index in [1.165, 1.54) is 25.7 Å². The Hall–Kier alpha value is -0.160. The molecule has 1 aliphatic rings. The first-order valence-electron chi connectivity index (χ1n) is 6.38. The van der Waals surface area contributed by atoms with E-state index in [0.717, 1.165) is 19.4 Å². The molecular weight excluding hydrogens is 204 g/mol. The minimum atomic E-state index is -0.138. The predicted octanol–water partition coefficient (Wildman–Crippen LogP) is 1.59. The summed E-state index contributed by atoms with van der Waals surface area (Å²) in [4.78, 5) is 0. The average Bonchev–Trinajstić information content (AvgIpc) is 2.56. The minimum Gasteiger partial charge on any atom is -0.380 e. The Morgan fingerprint density at radius 3 is 2.31 bits per heavy atom. The molecular formula is C12H26N2O2. The lowest BCUT2D eigenvalue weighted by molar-refractivity contribution is -0.0731. The van der Waals surface area contributed by atoms with Crippen molar-refractivity contribution in [2.45, 2.75) is 57.1 Å². The van der Waals surface area contributed by atoms with E-state index >= 15 is 0 Å². The predicted molar refractivity (Wildman–Crippen MR) is 65.0 cm³/mol. The molecule has 0 aromatic carbocycles. The van der Waals surface area contributed by atoms with Gasteiger partial charge in [-0.1, -0.05) is 25.7 Å². The fraction of sp³-hybridized carbons (Fsp3) is 1.00. The highest BCUT2D eigenvalue weighted by Crippen LogP contribution is 2.32. The number of nitrogens with one attached hydrogen (secondary N) is 1.